The largest absolute Gasteiger partial charge is 0.349 e. The van der Waals surface area contributed by atoms with Gasteiger partial charge in [-0.15, -0.1) is 11.8 Å². The zero-order valence-corrected chi connectivity index (χ0v) is 17.2. The zero-order chi connectivity index (χ0) is 19.0. The van der Waals surface area contributed by atoms with E-state index >= 15 is 0 Å². The summed E-state index contributed by atoms with van der Waals surface area (Å²) >= 11 is 1.79. The highest BCUT2D eigenvalue weighted by Gasteiger charge is 2.28. The van der Waals surface area contributed by atoms with Crippen LogP contribution in [0.15, 0.2) is 23.1 Å². The first-order chi connectivity index (χ1) is 13.0. The smallest absolute Gasteiger partial charge is 0.272 e. The molecule has 0 bridgehead atoms. The molecule has 1 saturated heterocycles. The van der Waals surface area contributed by atoms with E-state index < -0.39 is 0 Å². The van der Waals surface area contributed by atoms with Crippen molar-refractivity contribution in [1.82, 2.24) is 20.0 Å². The van der Waals surface area contributed by atoms with Crippen molar-refractivity contribution in [2.24, 2.45) is 7.05 Å². The molecule has 1 fully saturated rings. The second-order valence-electron chi connectivity index (χ2n) is 7.72. The molecule has 2 aromatic rings. The SMILES string of the molecule is Cc1ccc2c(c1)-c1c(c(C(=O)NCCN3CCCC[C@@H]3C)nn1C)CS2. The van der Waals surface area contributed by atoms with Crippen LogP contribution in [0.1, 0.15) is 47.8 Å². The number of aryl methyl sites for hydroxylation is 2. The van der Waals surface area contributed by atoms with Crippen molar-refractivity contribution in [3.05, 3.63) is 35.0 Å². The summed E-state index contributed by atoms with van der Waals surface area (Å²) in [4.78, 5) is 16.6. The van der Waals surface area contributed by atoms with Gasteiger partial charge in [0.25, 0.3) is 5.91 Å². The van der Waals surface area contributed by atoms with Gasteiger partial charge in [0.15, 0.2) is 5.69 Å². The molecule has 1 amide bonds. The number of nitrogens with one attached hydrogen (secondary N) is 1. The van der Waals surface area contributed by atoms with Gasteiger partial charge in [0, 0.05) is 48.0 Å². The number of hydrogen-bond donors (Lipinski definition) is 1. The number of fused-ring (bicyclic) bond motifs is 3. The van der Waals surface area contributed by atoms with Gasteiger partial charge in [0.2, 0.25) is 0 Å². The molecule has 27 heavy (non-hydrogen) atoms. The Bertz CT molecular complexity index is 860. The van der Waals surface area contributed by atoms with Crippen molar-refractivity contribution in [1.29, 1.82) is 0 Å². The van der Waals surface area contributed by atoms with Crippen molar-refractivity contribution in [2.45, 2.75) is 49.8 Å². The van der Waals surface area contributed by atoms with Crippen LogP contribution in [-0.4, -0.2) is 46.3 Å². The van der Waals surface area contributed by atoms with E-state index in [2.05, 4.69) is 47.4 Å². The first-order valence-corrected chi connectivity index (χ1v) is 10.8. The van der Waals surface area contributed by atoms with E-state index in [4.69, 9.17) is 0 Å². The molecular formula is C21H28N4OS. The van der Waals surface area contributed by atoms with Crippen LogP contribution in [0.4, 0.5) is 0 Å². The monoisotopic (exact) mass is 384 g/mol. The lowest BCUT2D eigenvalue weighted by molar-refractivity contribution is 0.0932. The topological polar surface area (TPSA) is 50.2 Å². The fourth-order valence-corrected chi connectivity index (χ4v) is 5.26. The van der Waals surface area contributed by atoms with Gasteiger partial charge in [-0.2, -0.15) is 5.10 Å². The number of carbonyl (C=O) groups is 1. The van der Waals surface area contributed by atoms with Gasteiger partial charge >= 0.3 is 0 Å². The minimum Gasteiger partial charge on any atom is -0.349 e. The van der Waals surface area contributed by atoms with Gasteiger partial charge in [-0.25, -0.2) is 0 Å². The molecule has 3 heterocycles. The molecule has 0 radical (unpaired) electrons. The quantitative estimate of drug-likeness (QED) is 0.875. The molecule has 0 unspecified atom stereocenters. The molecule has 2 aliphatic heterocycles. The second kappa shape index (κ2) is 7.68. The molecule has 0 aliphatic carbocycles. The number of likely N-dealkylation sites (tertiary alicyclic amines) is 1. The summed E-state index contributed by atoms with van der Waals surface area (Å²) in [5, 5.41) is 7.68. The van der Waals surface area contributed by atoms with Crippen LogP contribution in [0.2, 0.25) is 0 Å². The molecule has 1 aromatic heterocycles. The molecular weight excluding hydrogens is 356 g/mol. The Balaban J connectivity index is 1.49. The van der Waals surface area contributed by atoms with Gasteiger partial charge in [0.05, 0.1) is 5.69 Å². The van der Waals surface area contributed by atoms with Crippen LogP contribution in [0.25, 0.3) is 11.3 Å². The Morgan fingerprint density at radius 2 is 2.22 bits per heavy atom. The summed E-state index contributed by atoms with van der Waals surface area (Å²) in [5.41, 5.74) is 5.15. The minimum absolute atomic E-state index is 0.0479. The molecule has 0 saturated carbocycles. The van der Waals surface area contributed by atoms with Crippen molar-refractivity contribution in [3.63, 3.8) is 0 Å². The predicted molar refractivity (Wildman–Crippen MR) is 110 cm³/mol. The average Bonchev–Trinajstić information content (AvgIpc) is 3.00. The Morgan fingerprint density at radius 3 is 3.04 bits per heavy atom. The van der Waals surface area contributed by atoms with Crippen molar-refractivity contribution < 1.29 is 4.79 Å². The predicted octanol–water partition coefficient (Wildman–Crippen LogP) is 3.61. The number of nitrogens with zero attached hydrogens (tertiary/aromatic N) is 3. The maximum absolute atomic E-state index is 12.8. The number of aromatic nitrogens is 2. The summed E-state index contributed by atoms with van der Waals surface area (Å²) in [6.07, 6.45) is 3.85. The number of hydrogen-bond acceptors (Lipinski definition) is 4. The van der Waals surface area contributed by atoms with Gasteiger partial charge in [-0.3, -0.25) is 14.4 Å². The van der Waals surface area contributed by atoms with Crippen LogP contribution >= 0.6 is 11.8 Å². The summed E-state index contributed by atoms with van der Waals surface area (Å²) in [6, 6.07) is 7.13. The van der Waals surface area contributed by atoms with Crippen molar-refractivity contribution in [2.75, 3.05) is 19.6 Å². The maximum Gasteiger partial charge on any atom is 0.272 e. The first-order valence-electron chi connectivity index (χ1n) is 9.86. The molecule has 144 valence electrons. The van der Waals surface area contributed by atoms with E-state index in [1.165, 1.54) is 35.3 Å². The number of rotatable bonds is 4. The van der Waals surface area contributed by atoms with E-state index in [1.807, 2.05) is 11.7 Å². The summed E-state index contributed by atoms with van der Waals surface area (Å²) < 4.78 is 1.87. The van der Waals surface area contributed by atoms with E-state index in [-0.39, 0.29) is 5.91 Å². The third kappa shape index (κ3) is 3.65. The Hall–Kier alpha value is -1.79. The molecule has 1 N–H and O–H groups in total. The normalized spacial score (nSPS) is 19.4. The standard InChI is InChI=1S/C21H28N4OS/c1-14-7-8-18-16(12-14)20-17(13-27-18)19(23-24(20)3)21(26)22-9-11-25-10-5-4-6-15(25)2/h7-8,12,15H,4-6,9-11,13H2,1-3H3,(H,22,26)/t15-/m0/s1. The number of amides is 1. The van der Waals surface area contributed by atoms with Crippen LogP contribution in [0.3, 0.4) is 0 Å². The van der Waals surface area contributed by atoms with E-state index in [0.717, 1.165) is 30.1 Å². The van der Waals surface area contributed by atoms with Crippen LogP contribution in [0, 0.1) is 6.92 Å². The van der Waals surface area contributed by atoms with Gasteiger partial charge in [0.1, 0.15) is 0 Å². The lowest BCUT2D eigenvalue weighted by Crippen LogP contribution is -2.42. The fourth-order valence-electron chi connectivity index (χ4n) is 4.22. The minimum atomic E-state index is -0.0479. The third-order valence-electron chi connectivity index (χ3n) is 5.75. The molecule has 4 rings (SSSR count). The fraction of sp³-hybridized carbons (Fsp3) is 0.524. The van der Waals surface area contributed by atoms with Crippen LogP contribution in [-0.2, 0) is 12.8 Å². The molecule has 1 aromatic carbocycles. The molecule has 6 heteroatoms. The van der Waals surface area contributed by atoms with E-state index in [1.54, 1.807) is 11.8 Å². The van der Waals surface area contributed by atoms with Crippen molar-refractivity contribution in [3.8, 4) is 11.3 Å². The summed E-state index contributed by atoms with van der Waals surface area (Å²) in [6.45, 7) is 7.12. The first kappa shape index (κ1) is 18.6. The highest BCUT2D eigenvalue weighted by Crippen LogP contribution is 2.42. The van der Waals surface area contributed by atoms with Crippen LogP contribution < -0.4 is 5.32 Å². The molecule has 5 nitrogen and oxygen atoms in total. The Labute approximate surface area is 165 Å². The number of piperidine rings is 1. The van der Waals surface area contributed by atoms with E-state index in [0.29, 0.717) is 18.3 Å². The number of benzene rings is 1. The third-order valence-corrected chi connectivity index (χ3v) is 6.85. The summed E-state index contributed by atoms with van der Waals surface area (Å²) in [5.74, 6) is 0.749. The summed E-state index contributed by atoms with van der Waals surface area (Å²) in [7, 11) is 1.94. The average molecular weight is 385 g/mol. The molecule has 2 aliphatic rings. The highest BCUT2D eigenvalue weighted by atomic mass is 32.2. The van der Waals surface area contributed by atoms with E-state index in [9.17, 15) is 4.79 Å². The lowest BCUT2D eigenvalue weighted by Gasteiger charge is -2.33. The Kier molecular flexibility index (Phi) is 5.28. The number of thioether (sulfide) groups is 1. The van der Waals surface area contributed by atoms with Gasteiger partial charge in [-0.05, 0) is 45.4 Å². The molecule has 0 spiro atoms. The number of carbonyl (C=O) groups excluding carboxylic acids is 1. The van der Waals surface area contributed by atoms with Crippen LogP contribution in [0.5, 0.6) is 0 Å². The molecule has 1 atom stereocenters. The van der Waals surface area contributed by atoms with Crippen molar-refractivity contribution >= 4 is 17.7 Å². The van der Waals surface area contributed by atoms with Gasteiger partial charge < -0.3 is 5.32 Å². The van der Waals surface area contributed by atoms with Gasteiger partial charge in [-0.1, -0.05) is 18.1 Å². The Morgan fingerprint density at radius 1 is 1.37 bits per heavy atom. The maximum atomic E-state index is 12.8. The second-order valence-corrected chi connectivity index (χ2v) is 8.74. The zero-order valence-electron chi connectivity index (χ0n) is 16.4. The highest BCUT2D eigenvalue weighted by molar-refractivity contribution is 7.98. The lowest BCUT2D eigenvalue weighted by atomic mass is 10.0.